The Morgan fingerprint density at radius 2 is 2.19 bits per heavy atom. The van der Waals surface area contributed by atoms with Gasteiger partial charge in [0.1, 0.15) is 6.04 Å². The summed E-state index contributed by atoms with van der Waals surface area (Å²) in [6.45, 7) is 1.71. The van der Waals surface area contributed by atoms with Crippen LogP contribution in [0, 0.1) is 0 Å². The molecule has 1 saturated carbocycles. The molecule has 4 heteroatoms. The number of benzene rings is 1. The molecule has 0 aromatic heterocycles. The van der Waals surface area contributed by atoms with Crippen molar-refractivity contribution in [2.75, 3.05) is 25.1 Å². The lowest BCUT2D eigenvalue weighted by Crippen LogP contribution is -2.48. The second kappa shape index (κ2) is 6.48. The topological polar surface area (TPSA) is 41.6 Å². The maximum absolute atomic E-state index is 12.0. The molecule has 114 valence electrons. The van der Waals surface area contributed by atoms with Crippen molar-refractivity contribution in [1.29, 1.82) is 0 Å². The summed E-state index contributed by atoms with van der Waals surface area (Å²) in [4.78, 5) is 14.4. The molecule has 2 aliphatic rings. The standard InChI is InChI=1S/C17H24N2O2/c1-21-17(20)15(18-14-9-10-14)12-19-11-5-4-7-13-6-2-3-8-16(13)19/h2-3,6,8,14-15,18H,4-5,7,9-12H2,1H3. The molecule has 1 aromatic carbocycles. The zero-order valence-corrected chi connectivity index (χ0v) is 12.7. The summed E-state index contributed by atoms with van der Waals surface area (Å²) in [6, 6.07) is 8.83. The molecule has 0 amide bonds. The van der Waals surface area contributed by atoms with Crippen molar-refractivity contribution in [2.45, 2.75) is 44.2 Å². The van der Waals surface area contributed by atoms with Crippen LogP contribution in [0.3, 0.4) is 0 Å². The SMILES string of the molecule is COC(=O)C(CN1CCCCc2ccccc21)NC1CC1. The number of hydrogen-bond acceptors (Lipinski definition) is 4. The maximum atomic E-state index is 12.0. The molecule has 1 fully saturated rings. The normalized spacial score (nSPS) is 19.6. The summed E-state index contributed by atoms with van der Waals surface area (Å²) >= 11 is 0. The van der Waals surface area contributed by atoms with E-state index < -0.39 is 0 Å². The van der Waals surface area contributed by atoms with Crippen LogP contribution in [-0.4, -0.2) is 38.3 Å². The van der Waals surface area contributed by atoms with Gasteiger partial charge in [0, 0.05) is 24.8 Å². The number of anilines is 1. The van der Waals surface area contributed by atoms with Crippen molar-refractivity contribution >= 4 is 11.7 Å². The van der Waals surface area contributed by atoms with Crippen molar-refractivity contribution in [2.24, 2.45) is 0 Å². The minimum absolute atomic E-state index is 0.149. The highest BCUT2D eigenvalue weighted by molar-refractivity contribution is 5.77. The van der Waals surface area contributed by atoms with Gasteiger partial charge in [-0.2, -0.15) is 0 Å². The van der Waals surface area contributed by atoms with E-state index in [0.29, 0.717) is 12.6 Å². The van der Waals surface area contributed by atoms with E-state index in [4.69, 9.17) is 4.74 Å². The average Bonchev–Trinajstić information content (AvgIpc) is 3.33. The van der Waals surface area contributed by atoms with Gasteiger partial charge in [-0.1, -0.05) is 18.2 Å². The molecule has 1 aromatic rings. The van der Waals surface area contributed by atoms with E-state index >= 15 is 0 Å². The molecule has 1 atom stereocenters. The number of hydrogen-bond donors (Lipinski definition) is 1. The predicted molar refractivity (Wildman–Crippen MR) is 83.6 cm³/mol. The Morgan fingerprint density at radius 1 is 1.38 bits per heavy atom. The van der Waals surface area contributed by atoms with E-state index in [1.807, 2.05) is 0 Å². The molecular formula is C17H24N2O2. The largest absolute Gasteiger partial charge is 0.468 e. The third kappa shape index (κ3) is 3.56. The van der Waals surface area contributed by atoms with Crippen molar-refractivity contribution < 1.29 is 9.53 Å². The van der Waals surface area contributed by atoms with E-state index in [1.165, 1.54) is 44.0 Å². The van der Waals surface area contributed by atoms with Crippen molar-refractivity contribution in [3.8, 4) is 0 Å². The highest BCUT2D eigenvalue weighted by Gasteiger charge is 2.31. The molecule has 0 radical (unpaired) electrons. The minimum Gasteiger partial charge on any atom is -0.468 e. The van der Waals surface area contributed by atoms with E-state index in [9.17, 15) is 4.79 Å². The van der Waals surface area contributed by atoms with Crippen LogP contribution in [0.1, 0.15) is 31.2 Å². The lowest BCUT2D eigenvalue weighted by atomic mass is 10.1. The Morgan fingerprint density at radius 3 is 2.95 bits per heavy atom. The first-order valence-electron chi connectivity index (χ1n) is 7.94. The van der Waals surface area contributed by atoms with E-state index in [-0.39, 0.29) is 12.0 Å². The number of carbonyl (C=O) groups excluding carboxylic acids is 1. The van der Waals surface area contributed by atoms with Gasteiger partial charge in [-0.05, 0) is 43.7 Å². The Balaban J connectivity index is 1.76. The molecule has 1 unspecified atom stereocenters. The lowest BCUT2D eigenvalue weighted by Gasteiger charge is -2.29. The Labute approximate surface area is 126 Å². The van der Waals surface area contributed by atoms with Crippen LogP contribution in [0.4, 0.5) is 5.69 Å². The minimum atomic E-state index is -0.228. The monoisotopic (exact) mass is 288 g/mol. The number of methoxy groups -OCH3 is 1. The van der Waals surface area contributed by atoms with Crippen molar-refractivity contribution in [1.82, 2.24) is 5.32 Å². The average molecular weight is 288 g/mol. The summed E-state index contributed by atoms with van der Waals surface area (Å²) < 4.78 is 4.97. The first-order valence-corrected chi connectivity index (χ1v) is 7.94. The number of esters is 1. The van der Waals surface area contributed by atoms with Gasteiger partial charge in [-0.25, -0.2) is 0 Å². The quantitative estimate of drug-likeness (QED) is 0.843. The lowest BCUT2D eigenvalue weighted by molar-refractivity contribution is -0.142. The third-order valence-corrected chi connectivity index (χ3v) is 4.36. The Bertz CT molecular complexity index is 499. The number of nitrogens with zero attached hydrogens (tertiary/aromatic N) is 1. The van der Waals surface area contributed by atoms with Crippen molar-refractivity contribution in [3.63, 3.8) is 0 Å². The van der Waals surface area contributed by atoms with E-state index in [0.717, 1.165) is 13.0 Å². The molecule has 0 spiro atoms. The van der Waals surface area contributed by atoms with Gasteiger partial charge < -0.3 is 15.0 Å². The fraction of sp³-hybridized carbons (Fsp3) is 0.588. The van der Waals surface area contributed by atoms with Gasteiger partial charge in [0.15, 0.2) is 0 Å². The molecule has 1 aliphatic carbocycles. The van der Waals surface area contributed by atoms with Gasteiger partial charge in [0.2, 0.25) is 0 Å². The van der Waals surface area contributed by atoms with Gasteiger partial charge in [-0.15, -0.1) is 0 Å². The molecule has 1 N–H and O–H groups in total. The molecule has 0 bridgehead atoms. The number of rotatable bonds is 5. The predicted octanol–water partition coefficient (Wildman–Crippen LogP) is 2.12. The molecule has 3 rings (SSSR count). The second-order valence-corrected chi connectivity index (χ2v) is 6.05. The van der Waals surface area contributed by atoms with Crippen LogP contribution in [0.2, 0.25) is 0 Å². The van der Waals surface area contributed by atoms with E-state index in [2.05, 4.69) is 34.5 Å². The number of carbonyl (C=O) groups is 1. The van der Waals surface area contributed by atoms with Crippen LogP contribution in [-0.2, 0) is 16.0 Å². The molecule has 0 saturated heterocycles. The summed E-state index contributed by atoms with van der Waals surface area (Å²) in [7, 11) is 1.47. The number of ether oxygens (including phenoxy) is 1. The van der Waals surface area contributed by atoms with Crippen LogP contribution >= 0.6 is 0 Å². The highest BCUT2D eigenvalue weighted by Crippen LogP contribution is 2.27. The van der Waals surface area contributed by atoms with Crippen LogP contribution in [0.15, 0.2) is 24.3 Å². The molecule has 1 heterocycles. The first kappa shape index (κ1) is 14.4. The van der Waals surface area contributed by atoms with Gasteiger partial charge in [-0.3, -0.25) is 4.79 Å². The number of aryl methyl sites for hydroxylation is 1. The molecular weight excluding hydrogens is 264 g/mol. The number of nitrogens with one attached hydrogen (secondary N) is 1. The zero-order chi connectivity index (χ0) is 14.7. The summed E-state index contributed by atoms with van der Waals surface area (Å²) in [5.74, 6) is -0.149. The first-order chi connectivity index (χ1) is 10.3. The second-order valence-electron chi connectivity index (χ2n) is 6.05. The third-order valence-electron chi connectivity index (χ3n) is 4.36. The maximum Gasteiger partial charge on any atom is 0.324 e. The molecule has 21 heavy (non-hydrogen) atoms. The van der Waals surface area contributed by atoms with Gasteiger partial charge >= 0.3 is 5.97 Å². The smallest absolute Gasteiger partial charge is 0.324 e. The van der Waals surface area contributed by atoms with E-state index in [1.54, 1.807) is 0 Å². The van der Waals surface area contributed by atoms with Crippen LogP contribution in [0.5, 0.6) is 0 Å². The zero-order valence-electron chi connectivity index (χ0n) is 12.7. The highest BCUT2D eigenvalue weighted by atomic mass is 16.5. The van der Waals surface area contributed by atoms with Crippen molar-refractivity contribution in [3.05, 3.63) is 29.8 Å². The molecule has 1 aliphatic heterocycles. The summed E-state index contributed by atoms with van der Waals surface area (Å²) in [5.41, 5.74) is 2.67. The Hall–Kier alpha value is -1.55. The summed E-state index contributed by atoms with van der Waals surface area (Å²) in [6.07, 6.45) is 5.86. The van der Waals surface area contributed by atoms with Gasteiger partial charge in [0.05, 0.1) is 7.11 Å². The number of para-hydroxylation sites is 1. The fourth-order valence-corrected chi connectivity index (χ4v) is 3.05. The van der Waals surface area contributed by atoms with Crippen LogP contribution in [0.25, 0.3) is 0 Å². The summed E-state index contributed by atoms with van der Waals surface area (Å²) in [5, 5.41) is 3.42. The van der Waals surface area contributed by atoms with Gasteiger partial charge in [0.25, 0.3) is 0 Å². The molecule has 4 nitrogen and oxygen atoms in total. The number of fused-ring (bicyclic) bond motifs is 1. The fourth-order valence-electron chi connectivity index (χ4n) is 3.05. The van der Waals surface area contributed by atoms with Crippen LogP contribution < -0.4 is 10.2 Å². The Kier molecular flexibility index (Phi) is 4.44.